The van der Waals surface area contributed by atoms with Crippen LogP contribution in [0.4, 0.5) is 0 Å². The molecule has 37 heavy (non-hydrogen) atoms. The molecular formula is C29H43N3O5. The molecule has 3 amide bonds. The zero-order valence-corrected chi connectivity index (χ0v) is 23.5. The van der Waals surface area contributed by atoms with Gasteiger partial charge in [0.05, 0.1) is 6.04 Å². The van der Waals surface area contributed by atoms with E-state index in [0.29, 0.717) is 18.6 Å². The summed E-state index contributed by atoms with van der Waals surface area (Å²) in [6.07, 6.45) is 5.68. The van der Waals surface area contributed by atoms with Gasteiger partial charge in [-0.3, -0.25) is 19.3 Å². The van der Waals surface area contributed by atoms with Crippen LogP contribution >= 0.6 is 0 Å². The van der Waals surface area contributed by atoms with Crippen molar-refractivity contribution >= 4 is 17.7 Å². The summed E-state index contributed by atoms with van der Waals surface area (Å²) in [4.78, 5) is 36.6. The highest BCUT2D eigenvalue weighted by atomic mass is 16.5. The van der Waals surface area contributed by atoms with Crippen LogP contribution in [-0.4, -0.2) is 46.9 Å². The highest BCUT2D eigenvalue weighted by molar-refractivity contribution is 6.12. The number of ether oxygens (including phenoxy) is 1. The Morgan fingerprint density at radius 3 is 2.14 bits per heavy atom. The van der Waals surface area contributed by atoms with Gasteiger partial charge in [-0.1, -0.05) is 33.8 Å². The highest BCUT2D eigenvalue weighted by Crippen LogP contribution is 2.34. The van der Waals surface area contributed by atoms with Crippen molar-refractivity contribution < 1.29 is 24.2 Å². The normalized spacial score (nSPS) is 17.4. The molecule has 204 valence electrons. The lowest BCUT2D eigenvalue weighted by Gasteiger charge is -2.26. The maximum absolute atomic E-state index is 12.4. The number of carbonyl (C=O) groups is 3. The first-order valence-electron chi connectivity index (χ1n) is 13.0. The van der Waals surface area contributed by atoms with E-state index in [1.165, 1.54) is 12.2 Å². The number of aryl methyl sites for hydroxylation is 2. The van der Waals surface area contributed by atoms with Gasteiger partial charge in [-0.25, -0.2) is 0 Å². The van der Waals surface area contributed by atoms with Gasteiger partial charge in [0.2, 0.25) is 5.91 Å². The summed E-state index contributed by atoms with van der Waals surface area (Å²) in [5.41, 5.74) is 9.67. The fourth-order valence-corrected chi connectivity index (χ4v) is 4.23. The van der Waals surface area contributed by atoms with Crippen LogP contribution < -0.4 is 15.8 Å². The standard InChI is InChI=1S/C25H31N3O5.2C2H6/c1-14-11-19(12-15(2)23(14)31)33-24-16(3)9-18(10-17(24)4)13-20(26)25(32)27-7-8-28-21(29)5-6-22(28)30;2*1-2/h5-6,9,11-12,18,20,31H,7-8,10,13,26H2,1-4H3,(H,27,32);2*1-2H3. The van der Waals surface area contributed by atoms with Crippen molar-refractivity contribution in [1.82, 2.24) is 10.2 Å². The Hall–Kier alpha value is -3.39. The maximum Gasteiger partial charge on any atom is 0.253 e. The number of benzene rings is 1. The van der Waals surface area contributed by atoms with Crippen LogP contribution in [0.1, 0.15) is 65.5 Å². The fourth-order valence-electron chi connectivity index (χ4n) is 4.23. The Morgan fingerprint density at radius 2 is 1.62 bits per heavy atom. The van der Waals surface area contributed by atoms with Gasteiger partial charge in [0.15, 0.2) is 0 Å². The molecule has 1 aliphatic carbocycles. The van der Waals surface area contributed by atoms with E-state index in [-0.39, 0.29) is 42.5 Å². The molecule has 0 spiro atoms. The molecule has 2 unspecified atom stereocenters. The smallest absolute Gasteiger partial charge is 0.253 e. The van der Waals surface area contributed by atoms with Gasteiger partial charge in [0.1, 0.15) is 17.3 Å². The van der Waals surface area contributed by atoms with Crippen LogP contribution in [0.25, 0.3) is 0 Å². The zero-order chi connectivity index (χ0) is 28.3. The average molecular weight is 514 g/mol. The van der Waals surface area contributed by atoms with Gasteiger partial charge in [-0.2, -0.15) is 0 Å². The summed E-state index contributed by atoms with van der Waals surface area (Å²) in [7, 11) is 0. The molecule has 0 radical (unpaired) electrons. The second kappa shape index (κ2) is 15.0. The van der Waals surface area contributed by atoms with E-state index in [9.17, 15) is 19.5 Å². The monoisotopic (exact) mass is 513 g/mol. The van der Waals surface area contributed by atoms with Crippen molar-refractivity contribution in [3.05, 3.63) is 58.4 Å². The number of phenolic OH excluding ortho intramolecular Hbond substituents is 1. The molecule has 1 aromatic carbocycles. The Morgan fingerprint density at radius 1 is 1.08 bits per heavy atom. The summed E-state index contributed by atoms with van der Waals surface area (Å²) in [6.45, 7) is 15.9. The number of rotatable bonds is 8. The van der Waals surface area contributed by atoms with Crippen LogP contribution in [-0.2, 0) is 14.4 Å². The third-order valence-electron chi connectivity index (χ3n) is 5.91. The molecule has 1 heterocycles. The van der Waals surface area contributed by atoms with Gasteiger partial charge in [-0.05, 0) is 80.9 Å². The summed E-state index contributed by atoms with van der Waals surface area (Å²) < 4.78 is 6.14. The van der Waals surface area contributed by atoms with Gasteiger partial charge >= 0.3 is 0 Å². The highest BCUT2D eigenvalue weighted by Gasteiger charge is 2.26. The lowest BCUT2D eigenvalue weighted by atomic mass is 9.86. The van der Waals surface area contributed by atoms with Crippen LogP contribution in [0.5, 0.6) is 11.5 Å². The molecule has 4 N–H and O–H groups in total. The van der Waals surface area contributed by atoms with E-state index in [0.717, 1.165) is 32.9 Å². The summed E-state index contributed by atoms with van der Waals surface area (Å²) in [5.74, 6) is 0.760. The molecule has 1 aromatic rings. The Kier molecular flexibility index (Phi) is 12.8. The number of imide groups is 1. The Labute approximate surface area is 221 Å². The van der Waals surface area contributed by atoms with Crippen LogP contribution in [0.2, 0.25) is 0 Å². The molecule has 0 saturated heterocycles. The van der Waals surface area contributed by atoms with Gasteiger partial charge in [-0.15, -0.1) is 0 Å². The second-order valence-corrected chi connectivity index (χ2v) is 8.73. The minimum absolute atomic E-state index is 0.0901. The van der Waals surface area contributed by atoms with Crippen molar-refractivity contribution in [3.63, 3.8) is 0 Å². The number of nitrogens with one attached hydrogen (secondary N) is 1. The molecule has 0 bridgehead atoms. The number of hydrogen-bond acceptors (Lipinski definition) is 6. The molecule has 2 atom stereocenters. The second-order valence-electron chi connectivity index (χ2n) is 8.73. The zero-order valence-electron chi connectivity index (χ0n) is 23.5. The quantitative estimate of drug-likeness (QED) is 0.442. The van der Waals surface area contributed by atoms with E-state index >= 15 is 0 Å². The Balaban J connectivity index is 0.00000163. The van der Waals surface area contributed by atoms with E-state index in [1.54, 1.807) is 0 Å². The number of nitrogens with zero attached hydrogens (tertiary/aromatic N) is 1. The summed E-state index contributed by atoms with van der Waals surface area (Å²) in [5, 5.41) is 12.7. The number of amides is 3. The van der Waals surface area contributed by atoms with Crippen LogP contribution in [0.3, 0.4) is 0 Å². The first-order chi connectivity index (χ1) is 17.6. The molecular weight excluding hydrogens is 470 g/mol. The van der Waals surface area contributed by atoms with Gasteiger partial charge < -0.3 is 20.9 Å². The number of carbonyl (C=O) groups excluding carboxylic acids is 3. The minimum Gasteiger partial charge on any atom is -0.507 e. The minimum atomic E-state index is -0.708. The number of hydrogen-bond donors (Lipinski definition) is 3. The largest absolute Gasteiger partial charge is 0.507 e. The Bertz CT molecular complexity index is 1030. The fraction of sp³-hybridized carbons (Fsp3) is 0.483. The number of allylic oxidation sites excluding steroid dienone is 3. The number of phenols is 1. The predicted molar refractivity (Wildman–Crippen MR) is 147 cm³/mol. The van der Waals surface area contributed by atoms with Crippen molar-refractivity contribution in [2.45, 2.75) is 74.3 Å². The van der Waals surface area contributed by atoms with Crippen molar-refractivity contribution in [3.8, 4) is 11.5 Å². The lowest BCUT2D eigenvalue weighted by Crippen LogP contribution is -2.45. The first-order valence-corrected chi connectivity index (χ1v) is 13.0. The van der Waals surface area contributed by atoms with Crippen LogP contribution in [0, 0.1) is 19.8 Å². The van der Waals surface area contributed by atoms with Crippen molar-refractivity contribution in [2.75, 3.05) is 13.1 Å². The molecule has 8 heteroatoms. The maximum atomic E-state index is 12.4. The summed E-state index contributed by atoms with van der Waals surface area (Å²) in [6, 6.07) is 2.91. The third-order valence-corrected chi connectivity index (χ3v) is 5.91. The molecule has 0 fully saturated rings. The third kappa shape index (κ3) is 8.60. The molecule has 0 saturated carbocycles. The van der Waals surface area contributed by atoms with Gasteiger partial charge in [0.25, 0.3) is 11.8 Å². The predicted octanol–water partition coefficient (Wildman–Crippen LogP) is 4.44. The van der Waals surface area contributed by atoms with Gasteiger partial charge in [0, 0.05) is 25.2 Å². The number of nitrogens with two attached hydrogens (primary N) is 1. The van der Waals surface area contributed by atoms with E-state index < -0.39 is 6.04 Å². The topological polar surface area (TPSA) is 122 Å². The average Bonchev–Trinajstić information content (AvgIpc) is 3.19. The van der Waals surface area contributed by atoms with Crippen molar-refractivity contribution in [2.24, 2.45) is 11.7 Å². The van der Waals surface area contributed by atoms with E-state index in [4.69, 9.17) is 10.5 Å². The van der Waals surface area contributed by atoms with Crippen molar-refractivity contribution in [1.29, 1.82) is 0 Å². The lowest BCUT2D eigenvalue weighted by molar-refractivity contribution is -0.137. The molecule has 8 nitrogen and oxygen atoms in total. The number of aromatic hydroxyl groups is 1. The van der Waals surface area contributed by atoms with Crippen LogP contribution in [0.15, 0.2) is 47.3 Å². The molecule has 2 aliphatic rings. The van der Waals surface area contributed by atoms with E-state index in [2.05, 4.69) is 11.4 Å². The molecule has 1 aliphatic heterocycles. The molecule has 0 aromatic heterocycles. The molecule has 3 rings (SSSR count). The van der Waals surface area contributed by atoms with E-state index in [1.807, 2.05) is 67.5 Å². The first kappa shape index (κ1) is 31.6. The SMILES string of the molecule is CC.CC.CC1=CC(CC(N)C(=O)NCCN2C(=O)C=CC2=O)CC(C)=C1Oc1cc(C)c(O)c(C)c1. The summed E-state index contributed by atoms with van der Waals surface area (Å²) >= 11 is 0.